The molecule has 0 fully saturated rings. The first kappa shape index (κ1) is 13.1. The van der Waals surface area contributed by atoms with Crippen LogP contribution in [0, 0.1) is 0 Å². The molecule has 0 radical (unpaired) electrons. The Labute approximate surface area is 102 Å². The Morgan fingerprint density at radius 3 is 2.38 bits per heavy atom. The molecule has 1 aromatic rings. The van der Waals surface area contributed by atoms with Gasteiger partial charge in [0, 0.05) is 0 Å². The Morgan fingerprint density at radius 2 is 1.88 bits per heavy atom. The Balaban J connectivity index is 2.60. The van der Waals surface area contributed by atoms with Crippen molar-refractivity contribution in [2.75, 3.05) is 19.3 Å². The zero-order chi connectivity index (χ0) is 12.1. The number of nitrogens with zero attached hydrogens (tertiary/aromatic N) is 1. The van der Waals surface area contributed by atoms with Crippen LogP contribution in [0.5, 0.6) is 0 Å². The normalized spacial score (nSPS) is 10.5. The standard InChI is InChI=1S/C12H19AsN2O/c1-13(2)8-9-15(3)12(16)10-4-6-11(14)7-5-10/h4-7H,8-9,14H2,1-3H3. The maximum absolute atomic E-state index is 12.0. The summed E-state index contributed by atoms with van der Waals surface area (Å²) in [5, 5.41) is 1.17. The number of carbonyl (C=O) groups is 1. The zero-order valence-corrected chi connectivity index (χ0v) is 12.0. The van der Waals surface area contributed by atoms with Gasteiger partial charge in [-0.3, -0.25) is 0 Å². The van der Waals surface area contributed by atoms with Gasteiger partial charge < -0.3 is 0 Å². The fourth-order valence-electron chi connectivity index (χ4n) is 1.30. The van der Waals surface area contributed by atoms with Gasteiger partial charge in [0.2, 0.25) is 0 Å². The molecule has 0 unspecified atom stereocenters. The Kier molecular flexibility index (Phi) is 4.88. The molecule has 0 bridgehead atoms. The molecule has 88 valence electrons. The van der Waals surface area contributed by atoms with Crippen LogP contribution in [0.15, 0.2) is 24.3 Å². The van der Waals surface area contributed by atoms with E-state index < -0.39 is 14.7 Å². The Hall–Kier alpha value is -0.952. The summed E-state index contributed by atoms with van der Waals surface area (Å²) in [6.07, 6.45) is 0. The monoisotopic (exact) mass is 282 g/mol. The third-order valence-corrected chi connectivity index (χ3v) is 4.68. The van der Waals surface area contributed by atoms with Crippen molar-refractivity contribution < 1.29 is 4.79 Å². The van der Waals surface area contributed by atoms with E-state index in [0.29, 0.717) is 11.3 Å². The van der Waals surface area contributed by atoms with Crippen molar-refractivity contribution in [2.45, 2.75) is 16.6 Å². The predicted molar refractivity (Wildman–Crippen MR) is 70.1 cm³/mol. The minimum atomic E-state index is -0.644. The van der Waals surface area contributed by atoms with Gasteiger partial charge in [0.25, 0.3) is 0 Å². The summed E-state index contributed by atoms with van der Waals surface area (Å²) in [6, 6.07) is 7.08. The van der Waals surface area contributed by atoms with E-state index in [1.165, 1.54) is 5.21 Å². The quantitative estimate of drug-likeness (QED) is 0.679. The summed E-state index contributed by atoms with van der Waals surface area (Å²) >= 11 is -0.644. The van der Waals surface area contributed by atoms with Crippen LogP contribution in [0.25, 0.3) is 0 Å². The van der Waals surface area contributed by atoms with Gasteiger partial charge in [0.15, 0.2) is 0 Å². The maximum atomic E-state index is 12.0. The molecule has 2 N–H and O–H groups in total. The van der Waals surface area contributed by atoms with E-state index in [2.05, 4.69) is 11.4 Å². The van der Waals surface area contributed by atoms with Crippen LogP contribution in [-0.4, -0.2) is 39.1 Å². The van der Waals surface area contributed by atoms with Crippen molar-refractivity contribution in [3.05, 3.63) is 29.8 Å². The molecule has 1 rings (SSSR count). The summed E-state index contributed by atoms with van der Waals surface area (Å²) in [6.45, 7) is 0.857. The number of amides is 1. The number of nitrogens with two attached hydrogens (primary N) is 1. The SMILES string of the molecule is CN(CC[As](C)C)C(=O)c1ccc(N)cc1. The minimum absolute atomic E-state index is 0.0795. The molecule has 1 amide bonds. The molecule has 1 aromatic carbocycles. The molecule has 0 spiro atoms. The summed E-state index contributed by atoms with van der Waals surface area (Å²) in [4.78, 5) is 13.8. The van der Waals surface area contributed by atoms with Crippen LogP contribution in [0.1, 0.15) is 10.4 Å². The van der Waals surface area contributed by atoms with Crippen molar-refractivity contribution in [3.63, 3.8) is 0 Å². The van der Waals surface area contributed by atoms with Gasteiger partial charge in [0.1, 0.15) is 0 Å². The van der Waals surface area contributed by atoms with E-state index in [4.69, 9.17) is 5.73 Å². The number of anilines is 1. The summed E-state index contributed by atoms with van der Waals surface area (Å²) in [5.74, 6) is 0.0795. The molecular weight excluding hydrogens is 263 g/mol. The van der Waals surface area contributed by atoms with E-state index in [1.807, 2.05) is 7.05 Å². The number of hydrogen-bond acceptors (Lipinski definition) is 2. The van der Waals surface area contributed by atoms with Gasteiger partial charge in [-0.2, -0.15) is 0 Å². The molecule has 16 heavy (non-hydrogen) atoms. The second-order valence-electron chi connectivity index (χ2n) is 4.15. The number of benzene rings is 1. The first-order chi connectivity index (χ1) is 7.50. The van der Waals surface area contributed by atoms with E-state index >= 15 is 0 Å². The first-order valence-corrected chi connectivity index (χ1v) is 10.3. The van der Waals surface area contributed by atoms with Crippen LogP contribution in [0.3, 0.4) is 0 Å². The van der Waals surface area contributed by atoms with Crippen molar-refractivity contribution in [2.24, 2.45) is 0 Å². The molecule has 0 aliphatic carbocycles. The molecule has 0 aliphatic heterocycles. The van der Waals surface area contributed by atoms with Gasteiger partial charge in [-0.25, -0.2) is 0 Å². The van der Waals surface area contributed by atoms with Crippen LogP contribution in [0.2, 0.25) is 16.6 Å². The van der Waals surface area contributed by atoms with Gasteiger partial charge in [-0.1, -0.05) is 0 Å². The summed E-state index contributed by atoms with van der Waals surface area (Å²) in [7, 11) is 1.86. The van der Waals surface area contributed by atoms with E-state index in [1.54, 1.807) is 29.2 Å². The molecule has 0 aromatic heterocycles. The topological polar surface area (TPSA) is 46.3 Å². The third kappa shape index (κ3) is 3.90. The number of hydrogen-bond donors (Lipinski definition) is 1. The van der Waals surface area contributed by atoms with Crippen molar-refractivity contribution in [1.29, 1.82) is 0 Å². The molecule has 0 atom stereocenters. The van der Waals surface area contributed by atoms with E-state index in [9.17, 15) is 4.79 Å². The molecule has 0 aliphatic rings. The first-order valence-electron chi connectivity index (χ1n) is 5.26. The average Bonchev–Trinajstić information content (AvgIpc) is 2.26. The molecule has 3 nitrogen and oxygen atoms in total. The van der Waals surface area contributed by atoms with Gasteiger partial charge in [-0.05, 0) is 0 Å². The zero-order valence-electron chi connectivity index (χ0n) is 10.1. The van der Waals surface area contributed by atoms with Crippen molar-refractivity contribution in [1.82, 2.24) is 4.90 Å². The van der Waals surface area contributed by atoms with Crippen LogP contribution >= 0.6 is 0 Å². The van der Waals surface area contributed by atoms with E-state index in [-0.39, 0.29) is 5.91 Å². The second kappa shape index (κ2) is 5.95. The van der Waals surface area contributed by atoms with Crippen molar-refractivity contribution >= 4 is 26.2 Å². The van der Waals surface area contributed by atoms with Crippen LogP contribution < -0.4 is 5.73 Å². The second-order valence-corrected chi connectivity index (χ2v) is 9.62. The average molecular weight is 282 g/mol. The predicted octanol–water partition coefficient (Wildman–Crippen LogP) is 2.10. The summed E-state index contributed by atoms with van der Waals surface area (Å²) in [5.41, 5.74) is 11.6. The number of rotatable bonds is 4. The third-order valence-electron chi connectivity index (χ3n) is 2.39. The van der Waals surface area contributed by atoms with Gasteiger partial charge in [-0.15, -0.1) is 0 Å². The number of carbonyl (C=O) groups excluding carboxylic acids is 1. The molecule has 0 saturated heterocycles. The van der Waals surface area contributed by atoms with Gasteiger partial charge in [0.05, 0.1) is 0 Å². The Morgan fingerprint density at radius 1 is 1.31 bits per heavy atom. The number of nitrogen functional groups attached to an aromatic ring is 1. The molecule has 0 heterocycles. The van der Waals surface area contributed by atoms with Crippen LogP contribution in [-0.2, 0) is 0 Å². The van der Waals surface area contributed by atoms with Crippen molar-refractivity contribution in [3.8, 4) is 0 Å². The van der Waals surface area contributed by atoms with E-state index in [0.717, 1.165) is 6.54 Å². The van der Waals surface area contributed by atoms with Crippen LogP contribution in [0.4, 0.5) is 5.69 Å². The molecule has 0 saturated carbocycles. The Bertz CT molecular complexity index is 349. The fraction of sp³-hybridized carbons (Fsp3) is 0.417. The molecule has 4 heteroatoms. The fourth-order valence-corrected chi connectivity index (χ4v) is 2.77. The summed E-state index contributed by atoms with van der Waals surface area (Å²) < 4.78 is 0. The van der Waals surface area contributed by atoms with Gasteiger partial charge >= 0.3 is 102 Å². The molecular formula is C12H19AsN2O.